The number of benzene rings is 2. The minimum absolute atomic E-state index is 0.0838. The third-order valence-corrected chi connectivity index (χ3v) is 10.4. The SMILES string of the molecule is COc1cc(/C=C/c2ccc(OC)c(O[Si](C)(C)C(C)(C)C)c2Br)cc(OC)c1. The lowest BCUT2D eigenvalue weighted by atomic mass is 10.1. The van der Waals surface area contributed by atoms with Crippen LogP contribution < -0.4 is 18.6 Å². The first-order chi connectivity index (χ1) is 13.5. The summed E-state index contributed by atoms with van der Waals surface area (Å²) in [6.45, 7) is 11.1. The van der Waals surface area contributed by atoms with Crippen molar-refractivity contribution >= 4 is 36.4 Å². The van der Waals surface area contributed by atoms with Gasteiger partial charge in [-0.25, -0.2) is 0 Å². The van der Waals surface area contributed by atoms with E-state index in [1.54, 1.807) is 21.3 Å². The summed E-state index contributed by atoms with van der Waals surface area (Å²) in [4.78, 5) is 0. The van der Waals surface area contributed by atoms with Crippen LogP contribution in [0.25, 0.3) is 12.2 Å². The molecule has 0 saturated heterocycles. The number of ether oxygens (including phenoxy) is 3. The van der Waals surface area contributed by atoms with E-state index in [2.05, 4.69) is 49.8 Å². The average molecular weight is 479 g/mol. The minimum atomic E-state index is -2.03. The highest BCUT2D eigenvalue weighted by Gasteiger charge is 2.40. The van der Waals surface area contributed by atoms with E-state index in [0.29, 0.717) is 0 Å². The number of rotatable bonds is 7. The molecule has 29 heavy (non-hydrogen) atoms. The molecule has 0 fully saturated rings. The molecule has 0 aliphatic rings. The van der Waals surface area contributed by atoms with Crippen molar-refractivity contribution in [1.82, 2.24) is 0 Å². The van der Waals surface area contributed by atoms with Gasteiger partial charge in [-0.2, -0.15) is 0 Å². The molecule has 0 heterocycles. The Balaban J connectivity index is 2.44. The molecule has 0 saturated carbocycles. The van der Waals surface area contributed by atoms with E-state index in [-0.39, 0.29) is 5.04 Å². The van der Waals surface area contributed by atoms with Crippen molar-refractivity contribution < 1.29 is 18.6 Å². The smallest absolute Gasteiger partial charge is 0.250 e. The van der Waals surface area contributed by atoms with Crippen molar-refractivity contribution in [3.05, 3.63) is 45.9 Å². The first-order valence-electron chi connectivity index (χ1n) is 9.49. The van der Waals surface area contributed by atoms with Gasteiger partial charge in [-0.15, -0.1) is 0 Å². The van der Waals surface area contributed by atoms with Crippen LogP contribution in [0.2, 0.25) is 18.1 Å². The first kappa shape index (κ1) is 23.4. The van der Waals surface area contributed by atoms with Gasteiger partial charge in [0.15, 0.2) is 11.5 Å². The molecule has 0 spiro atoms. The van der Waals surface area contributed by atoms with Crippen molar-refractivity contribution in [2.45, 2.75) is 38.9 Å². The zero-order valence-electron chi connectivity index (χ0n) is 18.6. The van der Waals surface area contributed by atoms with Gasteiger partial charge in [0.25, 0.3) is 8.32 Å². The van der Waals surface area contributed by atoms with Crippen LogP contribution in [-0.4, -0.2) is 29.6 Å². The Morgan fingerprint density at radius 3 is 1.93 bits per heavy atom. The van der Waals surface area contributed by atoms with Crippen LogP contribution in [0.3, 0.4) is 0 Å². The third-order valence-electron chi connectivity index (χ3n) is 5.30. The molecule has 0 N–H and O–H groups in total. The van der Waals surface area contributed by atoms with E-state index in [1.807, 2.05) is 42.5 Å². The molecule has 0 amide bonds. The Morgan fingerprint density at radius 1 is 0.862 bits per heavy atom. The van der Waals surface area contributed by atoms with Gasteiger partial charge >= 0.3 is 0 Å². The lowest BCUT2D eigenvalue weighted by Crippen LogP contribution is -2.44. The van der Waals surface area contributed by atoms with E-state index < -0.39 is 8.32 Å². The van der Waals surface area contributed by atoms with E-state index in [9.17, 15) is 0 Å². The van der Waals surface area contributed by atoms with Gasteiger partial charge in [-0.1, -0.05) is 32.9 Å². The monoisotopic (exact) mass is 478 g/mol. The molecule has 0 bridgehead atoms. The zero-order valence-corrected chi connectivity index (χ0v) is 21.1. The second-order valence-corrected chi connectivity index (χ2v) is 13.9. The molecular weight excluding hydrogens is 448 g/mol. The highest BCUT2D eigenvalue weighted by atomic mass is 79.9. The Bertz CT molecular complexity index is 863. The second kappa shape index (κ2) is 9.26. The minimum Gasteiger partial charge on any atom is -0.540 e. The zero-order chi connectivity index (χ0) is 21.8. The Kier molecular flexibility index (Phi) is 7.46. The van der Waals surface area contributed by atoms with Crippen LogP contribution in [-0.2, 0) is 0 Å². The summed E-state index contributed by atoms with van der Waals surface area (Å²) in [6.07, 6.45) is 4.06. The van der Waals surface area contributed by atoms with Gasteiger partial charge in [0.1, 0.15) is 11.5 Å². The molecule has 2 aromatic rings. The summed E-state index contributed by atoms with van der Waals surface area (Å²) < 4.78 is 23.7. The lowest BCUT2D eigenvalue weighted by Gasteiger charge is -2.37. The fourth-order valence-corrected chi connectivity index (χ4v) is 4.17. The highest BCUT2D eigenvalue weighted by Crippen LogP contribution is 2.44. The topological polar surface area (TPSA) is 36.9 Å². The Morgan fingerprint density at radius 2 is 1.45 bits per heavy atom. The van der Waals surface area contributed by atoms with E-state index in [1.165, 1.54) is 0 Å². The van der Waals surface area contributed by atoms with Gasteiger partial charge in [-0.05, 0) is 69.5 Å². The number of halogens is 1. The molecule has 158 valence electrons. The molecule has 2 rings (SSSR count). The molecule has 0 unspecified atom stereocenters. The quantitative estimate of drug-likeness (QED) is 0.316. The molecule has 2 aromatic carbocycles. The average Bonchev–Trinajstić information content (AvgIpc) is 2.67. The molecular formula is C23H31BrO4Si. The number of hydrogen-bond acceptors (Lipinski definition) is 4. The van der Waals surface area contributed by atoms with Crippen molar-refractivity contribution in [3.8, 4) is 23.0 Å². The van der Waals surface area contributed by atoms with Crippen molar-refractivity contribution in [2.24, 2.45) is 0 Å². The maximum absolute atomic E-state index is 6.58. The van der Waals surface area contributed by atoms with Crippen LogP contribution in [0.5, 0.6) is 23.0 Å². The maximum atomic E-state index is 6.58. The molecule has 4 nitrogen and oxygen atoms in total. The highest BCUT2D eigenvalue weighted by molar-refractivity contribution is 9.10. The van der Waals surface area contributed by atoms with Gasteiger partial charge in [-0.3, -0.25) is 0 Å². The van der Waals surface area contributed by atoms with E-state index >= 15 is 0 Å². The van der Waals surface area contributed by atoms with Crippen LogP contribution in [0, 0.1) is 0 Å². The maximum Gasteiger partial charge on any atom is 0.250 e. The third kappa shape index (κ3) is 5.57. The molecule has 0 aliphatic carbocycles. The van der Waals surface area contributed by atoms with Gasteiger partial charge in [0.2, 0.25) is 0 Å². The Hall–Kier alpha value is -1.92. The van der Waals surface area contributed by atoms with Gasteiger partial charge in [0, 0.05) is 6.07 Å². The molecule has 0 atom stereocenters. The van der Waals surface area contributed by atoms with Crippen molar-refractivity contribution in [1.29, 1.82) is 0 Å². The van der Waals surface area contributed by atoms with Gasteiger partial charge in [0.05, 0.1) is 25.8 Å². The predicted molar refractivity (Wildman–Crippen MR) is 127 cm³/mol. The van der Waals surface area contributed by atoms with E-state index in [4.69, 9.17) is 18.6 Å². The Labute approximate surface area is 184 Å². The summed E-state index contributed by atoms with van der Waals surface area (Å²) in [5.41, 5.74) is 1.98. The summed E-state index contributed by atoms with van der Waals surface area (Å²) in [5.74, 6) is 2.98. The second-order valence-electron chi connectivity index (χ2n) is 8.34. The fraction of sp³-hybridized carbons (Fsp3) is 0.391. The van der Waals surface area contributed by atoms with Crippen LogP contribution in [0.15, 0.2) is 34.8 Å². The molecule has 0 aromatic heterocycles. The van der Waals surface area contributed by atoms with Crippen LogP contribution >= 0.6 is 15.9 Å². The largest absolute Gasteiger partial charge is 0.540 e. The first-order valence-corrected chi connectivity index (χ1v) is 13.2. The summed E-state index contributed by atoms with van der Waals surface area (Å²) in [7, 11) is 2.93. The fourth-order valence-electron chi connectivity index (χ4n) is 2.46. The molecule has 0 aliphatic heterocycles. The normalized spacial score (nSPS) is 12.2. The van der Waals surface area contributed by atoms with Crippen LogP contribution in [0.1, 0.15) is 31.9 Å². The molecule has 6 heteroatoms. The number of methoxy groups -OCH3 is 3. The van der Waals surface area contributed by atoms with Gasteiger partial charge < -0.3 is 18.6 Å². The lowest BCUT2D eigenvalue weighted by molar-refractivity contribution is 0.384. The molecule has 0 radical (unpaired) electrons. The standard InChI is InChI=1S/C23H31BrO4Si/c1-23(2,3)29(7,8)28-22-20(27-6)12-11-17(21(22)24)10-9-16-13-18(25-4)15-19(14-16)26-5/h9-15H,1-8H3/b10-9+. The van der Waals surface area contributed by atoms with Crippen LogP contribution in [0.4, 0.5) is 0 Å². The summed E-state index contributed by atoms with van der Waals surface area (Å²) in [6, 6.07) is 9.73. The summed E-state index contributed by atoms with van der Waals surface area (Å²) in [5, 5.41) is 0.0838. The van der Waals surface area contributed by atoms with Crippen molar-refractivity contribution in [2.75, 3.05) is 21.3 Å². The van der Waals surface area contributed by atoms with Crippen molar-refractivity contribution in [3.63, 3.8) is 0 Å². The van der Waals surface area contributed by atoms with E-state index in [0.717, 1.165) is 38.6 Å². The predicted octanol–water partition coefficient (Wildman–Crippen LogP) is 7.03. The summed E-state index contributed by atoms with van der Waals surface area (Å²) >= 11 is 3.74. The number of hydrogen-bond donors (Lipinski definition) is 0.